The number of nitrogens with zero attached hydrogens (tertiary/aromatic N) is 2. The van der Waals surface area contributed by atoms with Crippen molar-refractivity contribution in [2.75, 3.05) is 5.32 Å². The molecule has 0 aliphatic carbocycles. The minimum absolute atomic E-state index is 0.0958. The molecule has 4 nitrogen and oxygen atoms in total. The van der Waals surface area contributed by atoms with Crippen molar-refractivity contribution in [3.05, 3.63) is 101 Å². The van der Waals surface area contributed by atoms with Crippen LogP contribution in [0.2, 0.25) is 0 Å². The van der Waals surface area contributed by atoms with Gasteiger partial charge in [-0.25, -0.2) is 4.99 Å². The minimum atomic E-state index is -0.0958. The fourth-order valence-corrected chi connectivity index (χ4v) is 4.27. The third-order valence-corrected chi connectivity index (χ3v) is 5.40. The van der Waals surface area contributed by atoms with Gasteiger partial charge in [0.2, 0.25) is 5.91 Å². The highest BCUT2D eigenvalue weighted by molar-refractivity contribution is 7.14. The Morgan fingerprint density at radius 2 is 1.48 bits per heavy atom. The van der Waals surface area contributed by atoms with E-state index in [1.165, 1.54) is 23.8 Å². The third-order valence-electron chi connectivity index (χ3n) is 4.41. The van der Waals surface area contributed by atoms with Crippen LogP contribution >= 0.6 is 11.3 Å². The summed E-state index contributed by atoms with van der Waals surface area (Å²) in [6.45, 7) is 2.19. The number of para-hydroxylation sites is 1. The van der Waals surface area contributed by atoms with E-state index in [4.69, 9.17) is 4.99 Å². The van der Waals surface area contributed by atoms with Crippen LogP contribution in [0, 0.1) is 0 Å². The highest BCUT2D eigenvalue weighted by Crippen LogP contribution is 2.31. The van der Waals surface area contributed by atoms with E-state index in [9.17, 15) is 4.79 Å². The topological polar surface area (TPSA) is 46.4 Å². The Kier molecular flexibility index (Phi) is 5.68. The second kappa shape index (κ2) is 8.71. The average molecular weight is 400 g/mol. The Balaban J connectivity index is 1.95. The average Bonchev–Trinajstić information content (AvgIpc) is 3.06. The SMILES string of the molecule is CC(=O)Nc1sc(=Nc2ccccc2)n(Cc2ccccc2)c1-c1ccccc1. The van der Waals surface area contributed by atoms with Crippen LogP contribution < -0.4 is 10.1 Å². The molecule has 0 fully saturated rings. The molecule has 0 aliphatic rings. The fourth-order valence-electron chi connectivity index (χ4n) is 3.15. The van der Waals surface area contributed by atoms with E-state index in [0.717, 1.165) is 26.7 Å². The second-order valence-electron chi connectivity index (χ2n) is 6.63. The molecular formula is C24H21N3OS. The van der Waals surface area contributed by atoms with E-state index >= 15 is 0 Å². The van der Waals surface area contributed by atoms with Crippen LogP contribution in [-0.2, 0) is 11.3 Å². The van der Waals surface area contributed by atoms with Crippen LogP contribution in [0.1, 0.15) is 12.5 Å². The van der Waals surface area contributed by atoms with Crippen molar-refractivity contribution in [1.29, 1.82) is 0 Å². The monoisotopic (exact) mass is 399 g/mol. The smallest absolute Gasteiger partial charge is 0.221 e. The number of amides is 1. The Bertz CT molecular complexity index is 1160. The first-order valence-corrected chi connectivity index (χ1v) is 10.2. The molecule has 1 heterocycles. The van der Waals surface area contributed by atoms with E-state index in [1.807, 2.05) is 66.7 Å². The van der Waals surface area contributed by atoms with Crippen LogP contribution in [0.25, 0.3) is 11.3 Å². The van der Waals surface area contributed by atoms with E-state index in [2.05, 4.69) is 34.1 Å². The predicted octanol–water partition coefficient (Wildman–Crippen LogP) is 5.46. The summed E-state index contributed by atoms with van der Waals surface area (Å²) in [6.07, 6.45) is 0. The molecule has 3 aromatic carbocycles. The molecule has 0 bridgehead atoms. The minimum Gasteiger partial charge on any atom is -0.316 e. The Labute approximate surface area is 173 Å². The molecule has 4 rings (SSSR count). The van der Waals surface area contributed by atoms with E-state index in [1.54, 1.807) is 0 Å². The van der Waals surface area contributed by atoms with Crippen molar-refractivity contribution in [1.82, 2.24) is 4.57 Å². The molecule has 0 radical (unpaired) electrons. The molecule has 0 unspecified atom stereocenters. The lowest BCUT2D eigenvalue weighted by molar-refractivity contribution is -0.114. The van der Waals surface area contributed by atoms with Crippen molar-refractivity contribution < 1.29 is 4.79 Å². The molecule has 0 aliphatic heterocycles. The predicted molar refractivity (Wildman–Crippen MR) is 119 cm³/mol. The third kappa shape index (κ3) is 4.52. The molecule has 1 aromatic heterocycles. The first-order valence-electron chi connectivity index (χ1n) is 9.41. The molecule has 0 spiro atoms. The number of carbonyl (C=O) groups is 1. The molecule has 4 aromatic rings. The van der Waals surface area contributed by atoms with Crippen molar-refractivity contribution in [2.45, 2.75) is 13.5 Å². The lowest BCUT2D eigenvalue weighted by Crippen LogP contribution is -2.17. The van der Waals surface area contributed by atoms with Crippen molar-refractivity contribution in [3.8, 4) is 11.3 Å². The van der Waals surface area contributed by atoms with Gasteiger partial charge in [0, 0.05) is 12.5 Å². The molecule has 0 saturated heterocycles. The van der Waals surface area contributed by atoms with Gasteiger partial charge >= 0.3 is 0 Å². The molecule has 144 valence electrons. The maximum Gasteiger partial charge on any atom is 0.221 e. The number of rotatable bonds is 5. The van der Waals surface area contributed by atoms with Gasteiger partial charge in [0.15, 0.2) is 4.80 Å². The summed E-state index contributed by atoms with van der Waals surface area (Å²) in [5, 5.41) is 3.80. The molecule has 29 heavy (non-hydrogen) atoms. The highest BCUT2D eigenvalue weighted by Gasteiger charge is 2.17. The maximum atomic E-state index is 11.9. The van der Waals surface area contributed by atoms with Crippen LogP contribution in [0.4, 0.5) is 10.7 Å². The summed E-state index contributed by atoms with van der Waals surface area (Å²) < 4.78 is 2.17. The largest absolute Gasteiger partial charge is 0.316 e. The number of thiazole rings is 1. The van der Waals surface area contributed by atoms with Crippen LogP contribution in [0.3, 0.4) is 0 Å². The Hall–Kier alpha value is -3.44. The molecular weight excluding hydrogens is 378 g/mol. The normalized spacial score (nSPS) is 11.4. The summed E-state index contributed by atoms with van der Waals surface area (Å²) >= 11 is 1.49. The summed E-state index contributed by atoms with van der Waals surface area (Å²) in [6, 6.07) is 30.3. The van der Waals surface area contributed by atoms with Gasteiger partial charge in [-0.1, -0.05) is 90.2 Å². The van der Waals surface area contributed by atoms with Crippen LogP contribution in [0.5, 0.6) is 0 Å². The zero-order valence-corrected chi connectivity index (χ0v) is 16.9. The number of hydrogen-bond acceptors (Lipinski definition) is 3. The highest BCUT2D eigenvalue weighted by atomic mass is 32.1. The fraction of sp³-hybridized carbons (Fsp3) is 0.0833. The second-order valence-corrected chi connectivity index (χ2v) is 7.61. The van der Waals surface area contributed by atoms with Crippen molar-refractivity contribution >= 4 is 27.9 Å². The summed E-state index contributed by atoms with van der Waals surface area (Å²) in [5.41, 5.74) is 4.05. The zero-order chi connectivity index (χ0) is 20.1. The van der Waals surface area contributed by atoms with Gasteiger partial charge in [-0.3, -0.25) is 4.79 Å². The van der Waals surface area contributed by atoms with Gasteiger partial charge in [0.05, 0.1) is 17.9 Å². The first kappa shape index (κ1) is 18.9. The quantitative estimate of drug-likeness (QED) is 0.476. The van der Waals surface area contributed by atoms with Gasteiger partial charge < -0.3 is 9.88 Å². The number of aromatic nitrogens is 1. The van der Waals surface area contributed by atoms with E-state index < -0.39 is 0 Å². The summed E-state index contributed by atoms with van der Waals surface area (Å²) in [7, 11) is 0. The molecule has 1 N–H and O–H groups in total. The standard InChI is InChI=1S/C24H21N3OS/c1-18(28)25-23-22(20-13-7-3-8-14-20)27(17-19-11-5-2-6-12-19)24(29-23)26-21-15-9-4-10-16-21/h2-16H,17H2,1H3,(H,25,28). The van der Waals surface area contributed by atoms with Crippen LogP contribution in [-0.4, -0.2) is 10.5 Å². The lowest BCUT2D eigenvalue weighted by Gasteiger charge is -2.11. The zero-order valence-electron chi connectivity index (χ0n) is 16.1. The lowest BCUT2D eigenvalue weighted by atomic mass is 10.1. The van der Waals surface area contributed by atoms with Gasteiger partial charge in [-0.05, 0) is 17.7 Å². The molecule has 0 saturated carbocycles. The molecule has 5 heteroatoms. The molecule has 0 atom stereocenters. The van der Waals surface area contributed by atoms with Crippen molar-refractivity contribution in [2.24, 2.45) is 4.99 Å². The van der Waals surface area contributed by atoms with Crippen LogP contribution in [0.15, 0.2) is 96.0 Å². The van der Waals surface area contributed by atoms with E-state index in [0.29, 0.717) is 6.54 Å². The number of hydrogen-bond donors (Lipinski definition) is 1. The molecule has 1 amide bonds. The Morgan fingerprint density at radius 1 is 0.897 bits per heavy atom. The summed E-state index contributed by atoms with van der Waals surface area (Å²) in [4.78, 5) is 17.6. The van der Waals surface area contributed by atoms with Gasteiger partial charge in [0.25, 0.3) is 0 Å². The van der Waals surface area contributed by atoms with Gasteiger partial charge in [-0.2, -0.15) is 0 Å². The number of anilines is 1. The van der Waals surface area contributed by atoms with Gasteiger partial charge in [0.1, 0.15) is 5.00 Å². The number of carbonyl (C=O) groups excluding carboxylic acids is 1. The maximum absolute atomic E-state index is 11.9. The number of benzene rings is 3. The van der Waals surface area contributed by atoms with E-state index in [-0.39, 0.29) is 5.91 Å². The van der Waals surface area contributed by atoms with Gasteiger partial charge in [-0.15, -0.1) is 0 Å². The first-order chi connectivity index (χ1) is 14.2. The summed E-state index contributed by atoms with van der Waals surface area (Å²) in [5.74, 6) is -0.0958. The Morgan fingerprint density at radius 3 is 2.10 bits per heavy atom. The van der Waals surface area contributed by atoms with Crippen molar-refractivity contribution in [3.63, 3.8) is 0 Å². The number of nitrogens with one attached hydrogen (secondary N) is 1.